The Hall–Kier alpha value is -9.05. The lowest BCUT2D eigenvalue weighted by molar-refractivity contribution is -0.136. The van der Waals surface area contributed by atoms with Crippen molar-refractivity contribution in [2.45, 2.75) is 203 Å². The smallest absolute Gasteiger partial charge is 0.244 e. The molecule has 580 valence electrons. The van der Waals surface area contributed by atoms with E-state index in [1.54, 1.807) is 43.5 Å². The molecule has 2 aliphatic heterocycles. The second-order valence-corrected chi connectivity index (χ2v) is 30.1. The van der Waals surface area contributed by atoms with E-state index in [2.05, 4.69) is 62.5 Å². The van der Waals surface area contributed by atoms with Crippen LogP contribution in [-0.2, 0) is 76.8 Å². The van der Waals surface area contributed by atoms with Gasteiger partial charge in [-0.25, -0.2) is 4.98 Å². The number of hydrogen-bond donors (Lipinski definition) is 17. The van der Waals surface area contributed by atoms with Crippen molar-refractivity contribution in [3.8, 4) is 0 Å². The highest BCUT2D eigenvalue weighted by molar-refractivity contribution is 8.76. The van der Waals surface area contributed by atoms with Gasteiger partial charge >= 0.3 is 0 Å². The molecular weight excluding hydrogens is 1400 g/mol. The molecule has 33 heteroatoms. The van der Waals surface area contributed by atoms with E-state index in [0.29, 0.717) is 61.8 Å². The van der Waals surface area contributed by atoms with Gasteiger partial charge in [0.25, 0.3) is 0 Å². The summed E-state index contributed by atoms with van der Waals surface area (Å²) in [6.45, 7) is 3.68. The van der Waals surface area contributed by atoms with Gasteiger partial charge in [0.2, 0.25) is 47.3 Å². The molecule has 0 saturated carbocycles. The third-order valence-electron chi connectivity index (χ3n) is 19.0. The molecule has 0 unspecified atom stereocenters. The quantitative estimate of drug-likeness (QED) is 0.0174. The van der Waals surface area contributed by atoms with Gasteiger partial charge in [0.15, 0.2) is 11.7 Å². The lowest BCUT2D eigenvalue weighted by Gasteiger charge is -2.28. The topological polar surface area (TPSA) is 538 Å². The van der Waals surface area contributed by atoms with Crippen LogP contribution in [0.3, 0.4) is 0 Å². The minimum absolute atomic E-state index is 0.00408. The Bertz CT molecular complexity index is 3610. The third-order valence-corrected chi connectivity index (χ3v) is 21.5. The zero-order chi connectivity index (χ0) is 77.1. The first-order valence-corrected chi connectivity index (χ1v) is 39.2. The van der Waals surface area contributed by atoms with Gasteiger partial charge in [0.05, 0.1) is 18.2 Å². The maximum atomic E-state index is 15.6. The Morgan fingerprint density at radius 2 is 1.03 bits per heavy atom. The van der Waals surface area contributed by atoms with E-state index in [4.69, 9.17) is 39.8 Å². The van der Waals surface area contributed by atoms with Crippen LogP contribution in [0.5, 0.6) is 0 Å². The summed E-state index contributed by atoms with van der Waals surface area (Å²) < 4.78 is 0. The number of amides is 8. The maximum Gasteiger partial charge on any atom is 0.244 e. The highest BCUT2D eigenvalue weighted by Gasteiger charge is 2.39. The van der Waals surface area contributed by atoms with Crippen molar-refractivity contribution >= 4 is 115 Å². The zero-order valence-corrected chi connectivity index (χ0v) is 62.4. The average molecular weight is 1510 g/mol. The molecule has 31 nitrogen and oxygen atoms in total. The second-order valence-electron chi connectivity index (χ2n) is 27.5. The summed E-state index contributed by atoms with van der Waals surface area (Å²) in [6, 6.07) is 4.93. The number of nitrogens with zero attached hydrogens (tertiary/aromatic N) is 2. The molecule has 8 amide bonds. The predicted molar refractivity (Wildman–Crippen MR) is 408 cm³/mol. The van der Waals surface area contributed by atoms with Crippen LogP contribution in [0, 0.1) is 29.1 Å². The van der Waals surface area contributed by atoms with Gasteiger partial charge in [0, 0.05) is 116 Å². The average Bonchev–Trinajstić information content (AvgIpc) is 1.64. The Balaban J connectivity index is 1.52. The summed E-state index contributed by atoms with van der Waals surface area (Å²) in [6.07, 6.45) is 6.15. The molecular formula is C73H109N19O12S2. The Morgan fingerprint density at radius 3 is 1.66 bits per heavy atom. The molecule has 4 heterocycles. The number of aromatic amines is 2. The first-order valence-electron chi connectivity index (χ1n) is 36.7. The SMILES string of the molecule is C[C@@H]1CC(=O)[C@@H]2CSSC[C@H](NC(=O)[C@H](CCCN=C(N)N)NC(=O)[C@H](CCCCN)NC(=O)[C@H](CCCCN)NC(=O)[C@H](CCCCN)CC1=O)C(=O)N[C@@H](C)C(=O)N[C@@H](Cc1cnc[nH]1)C(=O)N[C@H](Cc1ccccc1)C(=O)N[C@@H](CCCCC(=N)N)C(=O)C[C@@H](Cc1c[nH]c3ccccc13)C(=O)C2. The van der Waals surface area contributed by atoms with Crippen molar-refractivity contribution in [1.29, 1.82) is 5.41 Å². The van der Waals surface area contributed by atoms with E-state index in [1.165, 1.54) is 19.4 Å². The third kappa shape index (κ3) is 29.0. The fraction of sp³-hybridized carbons (Fsp3) is 0.575. The lowest BCUT2D eigenvalue weighted by Crippen LogP contribution is -2.60. The van der Waals surface area contributed by atoms with Crippen LogP contribution in [0.2, 0.25) is 0 Å². The second kappa shape index (κ2) is 45.5. The predicted octanol–water partition coefficient (Wildman–Crippen LogP) is 1.48. The molecule has 2 aromatic heterocycles. The number of amidine groups is 1. The van der Waals surface area contributed by atoms with Crippen molar-refractivity contribution < 1.29 is 57.5 Å². The molecule has 0 aliphatic carbocycles. The van der Waals surface area contributed by atoms with Crippen LogP contribution in [0.15, 0.2) is 78.3 Å². The number of benzene rings is 2. The number of imidazole rings is 1. The number of rotatable bonds is 27. The van der Waals surface area contributed by atoms with Crippen LogP contribution < -0.4 is 76.9 Å². The number of nitrogens with one attached hydrogen (secondary N) is 11. The fourth-order valence-electron chi connectivity index (χ4n) is 12.7. The fourth-order valence-corrected chi connectivity index (χ4v) is 15.2. The first-order chi connectivity index (χ1) is 50.9. The van der Waals surface area contributed by atoms with Gasteiger partial charge < -0.3 is 86.9 Å². The minimum Gasteiger partial charge on any atom is -0.388 e. The van der Waals surface area contributed by atoms with E-state index >= 15 is 24.0 Å². The van der Waals surface area contributed by atoms with Gasteiger partial charge in [-0.15, -0.1) is 0 Å². The molecule has 0 spiro atoms. The summed E-state index contributed by atoms with van der Waals surface area (Å²) in [5, 5.41) is 31.0. The molecule has 106 heavy (non-hydrogen) atoms. The molecule has 2 aliphatic rings. The summed E-state index contributed by atoms with van der Waals surface area (Å²) in [4.78, 5) is 194. The van der Waals surface area contributed by atoms with Gasteiger partial charge in [-0.2, -0.15) is 0 Å². The van der Waals surface area contributed by atoms with Crippen molar-refractivity contribution in [2.24, 2.45) is 63.1 Å². The van der Waals surface area contributed by atoms with Gasteiger partial charge in [-0.1, -0.05) is 89.9 Å². The number of H-pyrrole nitrogens is 2. The maximum absolute atomic E-state index is 15.6. The number of guanidine groups is 1. The van der Waals surface area contributed by atoms with Gasteiger partial charge in [-0.05, 0) is 127 Å². The number of nitrogens with two attached hydrogens (primary N) is 6. The van der Waals surface area contributed by atoms with E-state index in [-0.39, 0.29) is 127 Å². The molecule has 12 atom stereocenters. The number of aliphatic imine (C=N–C) groups is 1. The van der Waals surface area contributed by atoms with Crippen molar-refractivity contribution in [2.75, 3.05) is 37.7 Å². The van der Waals surface area contributed by atoms with Gasteiger partial charge in [0.1, 0.15) is 59.6 Å². The lowest BCUT2D eigenvalue weighted by atomic mass is 9.82. The van der Waals surface area contributed by atoms with Crippen LogP contribution in [0.1, 0.15) is 153 Å². The minimum atomic E-state index is -1.55. The summed E-state index contributed by atoms with van der Waals surface area (Å²) in [5.41, 5.74) is 37.2. The molecule has 2 aromatic carbocycles. The normalized spacial score (nSPS) is 24.7. The number of hydrogen-bond acceptors (Lipinski definition) is 20. The summed E-state index contributed by atoms with van der Waals surface area (Å²) in [5.74, 6) is -13.7. The monoisotopic (exact) mass is 1510 g/mol. The standard InChI is InChI=1S/C73H109N19O12S2/c1-43-31-61(94)49-36-62(95)47(33-48-38-83-52-21-7-6-20-51(48)52)35-63(96)53(22-8-9-26-64(77)78)86-70(102)57(32-45-17-4-3-5-18-45)91-71(103)58(37-50-39-81-42-84-50)90-65(97)44(2)85-72(104)59(41-106-105-40-49)92-69(101)56(25-16-30-82-73(79)80)89-68(100)55(24-12-15-29-76)88-67(99)54(23-11-14-28-75)87-66(98)46(34-60(43)93)19-10-13-27-74/h3-7,17-18,20-21,38-39,42-44,46-47,49,53-59,83H,8-16,19,22-37,40-41,74-76H2,1-2H3,(H3,77,78)(H,81,84)(H,85,104)(H,86,102)(H,87,98)(H,88,99)(H,89,100)(H,90,97)(H,91,103)(H,92,101)(H4,79,80,82)/t43-,44+,46-,47-,49+,53+,54+,55+,56+,57-,58+,59+/m1/s1. The van der Waals surface area contributed by atoms with Crippen LogP contribution in [-0.4, -0.2) is 183 Å². The van der Waals surface area contributed by atoms with Crippen molar-refractivity contribution in [1.82, 2.24) is 57.5 Å². The summed E-state index contributed by atoms with van der Waals surface area (Å²) in [7, 11) is 2.09. The molecule has 6 rings (SSSR count). The molecule has 4 aromatic rings. The molecule has 2 bridgehead atoms. The van der Waals surface area contributed by atoms with E-state index in [0.717, 1.165) is 32.5 Å². The zero-order valence-electron chi connectivity index (χ0n) is 60.7. The summed E-state index contributed by atoms with van der Waals surface area (Å²) >= 11 is 0. The van der Waals surface area contributed by atoms with Crippen LogP contribution >= 0.6 is 21.6 Å². The van der Waals surface area contributed by atoms with Crippen molar-refractivity contribution in [3.63, 3.8) is 0 Å². The number of Topliss-reactive ketones (excluding diaryl/α,β-unsaturated/α-hetero) is 4. The molecule has 0 radical (unpaired) electrons. The Kier molecular flexibility index (Phi) is 36.8. The highest BCUT2D eigenvalue weighted by Crippen LogP contribution is 2.32. The highest BCUT2D eigenvalue weighted by atomic mass is 33.1. The number of fused-ring (bicyclic) bond motifs is 6. The number of carbonyl (C=O) groups excluding carboxylic acids is 12. The molecule has 2 saturated heterocycles. The van der Waals surface area contributed by atoms with Crippen molar-refractivity contribution in [3.05, 3.63) is 90.1 Å². The van der Waals surface area contributed by atoms with E-state index < -0.39 is 162 Å². The number of ketones is 4. The van der Waals surface area contributed by atoms with Crippen LogP contribution in [0.25, 0.3) is 10.9 Å². The molecule has 23 N–H and O–H groups in total. The number of aromatic nitrogens is 3. The van der Waals surface area contributed by atoms with E-state index in [9.17, 15) is 33.6 Å². The Labute approximate surface area is 626 Å². The number of unbranched alkanes of at least 4 members (excludes halogenated alkanes) is 4. The van der Waals surface area contributed by atoms with Crippen LogP contribution in [0.4, 0.5) is 0 Å². The van der Waals surface area contributed by atoms with Gasteiger partial charge in [-0.3, -0.25) is 67.9 Å². The largest absolute Gasteiger partial charge is 0.388 e. The Morgan fingerprint density at radius 1 is 0.491 bits per heavy atom. The number of para-hydroxylation sites is 1. The first kappa shape index (κ1) is 85.9. The van der Waals surface area contributed by atoms with E-state index in [1.807, 2.05) is 24.3 Å². The molecule has 2 fully saturated rings. The number of carbonyl (C=O) groups is 12.